The number of nitro benzene ring substituents is 1. The predicted molar refractivity (Wildman–Crippen MR) is 127 cm³/mol. The fraction of sp³-hybridized carbons (Fsp3) is 0.429. The van der Waals surface area contributed by atoms with Crippen LogP contribution in [0.4, 0.5) is 5.69 Å². The number of hydrogen-bond acceptors (Lipinski definition) is 10. The molecule has 4 N–H and O–H groups in total. The summed E-state index contributed by atoms with van der Waals surface area (Å²) in [5, 5.41) is 39.3. The van der Waals surface area contributed by atoms with E-state index in [1.165, 1.54) is 47.8 Å². The Morgan fingerprint density at radius 3 is 1.82 bits per heavy atom. The van der Waals surface area contributed by atoms with E-state index in [1.807, 2.05) is 0 Å². The number of benzene rings is 1. The van der Waals surface area contributed by atoms with Crippen molar-refractivity contribution in [3.05, 3.63) is 62.9 Å². The number of thioether (sulfide) groups is 2. The number of rotatable bonds is 4. The minimum absolute atomic E-state index is 0.0765. The van der Waals surface area contributed by atoms with Crippen molar-refractivity contribution in [2.75, 3.05) is 24.6 Å². The van der Waals surface area contributed by atoms with E-state index in [0.29, 0.717) is 18.7 Å². The second kappa shape index (κ2) is 8.95. The zero-order valence-corrected chi connectivity index (χ0v) is 19.6. The van der Waals surface area contributed by atoms with Crippen molar-refractivity contribution in [3.8, 4) is 0 Å². The van der Waals surface area contributed by atoms with Gasteiger partial charge in [0.15, 0.2) is 22.8 Å². The summed E-state index contributed by atoms with van der Waals surface area (Å²) < 4.78 is 0. The number of carbonyl (C=O) groups is 2. The summed E-state index contributed by atoms with van der Waals surface area (Å²) in [6.07, 6.45) is 1.61. The van der Waals surface area contributed by atoms with Gasteiger partial charge in [0.05, 0.1) is 22.0 Å². The average Bonchev–Trinajstić information content (AvgIpc) is 2.83. The molecule has 4 heterocycles. The van der Waals surface area contributed by atoms with E-state index < -0.39 is 33.7 Å². The van der Waals surface area contributed by atoms with Crippen LogP contribution >= 0.6 is 23.5 Å². The third kappa shape index (κ3) is 3.82. The molecule has 11 nitrogen and oxygen atoms in total. The van der Waals surface area contributed by atoms with E-state index in [0.717, 1.165) is 24.3 Å². The molecule has 4 aliphatic rings. The number of non-ortho nitro benzene ring substituents is 1. The molecule has 2 saturated heterocycles. The van der Waals surface area contributed by atoms with E-state index in [1.54, 1.807) is 9.80 Å². The second-order valence-electron chi connectivity index (χ2n) is 8.24. The number of nitro groups is 1. The summed E-state index contributed by atoms with van der Waals surface area (Å²) >= 11 is 2.99. The van der Waals surface area contributed by atoms with Gasteiger partial charge in [-0.1, -0.05) is 12.1 Å². The smallest absolute Gasteiger partial charge is 0.269 e. The van der Waals surface area contributed by atoms with Crippen LogP contribution in [0.15, 0.2) is 47.2 Å². The van der Waals surface area contributed by atoms with Gasteiger partial charge >= 0.3 is 0 Å². The highest BCUT2D eigenvalue weighted by atomic mass is 32.2. The van der Waals surface area contributed by atoms with Gasteiger partial charge < -0.3 is 30.6 Å². The third-order valence-corrected chi connectivity index (χ3v) is 8.67. The zero-order valence-electron chi connectivity index (χ0n) is 18.0. The number of aliphatic hydroxyl groups excluding tert-OH is 2. The Bertz CT molecular complexity index is 1050. The molecule has 180 valence electrons. The molecule has 0 bridgehead atoms. The van der Waals surface area contributed by atoms with Crippen molar-refractivity contribution >= 4 is 41.0 Å². The van der Waals surface area contributed by atoms with Crippen LogP contribution in [0.3, 0.4) is 0 Å². The molecule has 2 fully saturated rings. The summed E-state index contributed by atoms with van der Waals surface area (Å²) in [4.78, 5) is 40.5. The van der Waals surface area contributed by atoms with Gasteiger partial charge in [-0.2, -0.15) is 0 Å². The summed E-state index contributed by atoms with van der Waals surface area (Å²) in [5.41, 5.74) is -0.786. The second-order valence-corrected chi connectivity index (χ2v) is 10.6. The molecule has 0 radical (unpaired) electrons. The van der Waals surface area contributed by atoms with Crippen molar-refractivity contribution in [1.82, 2.24) is 20.4 Å². The Balaban J connectivity index is 1.67. The largest absolute Gasteiger partial charge is 0.494 e. The summed E-state index contributed by atoms with van der Waals surface area (Å²) in [6.45, 7) is 1.03. The molecule has 2 amide bonds. The van der Waals surface area contributed by atoms with Gasteiger partial charge in [0.1, 0.15) is 0 Å². The highest BCUT2D eigenvalue weighted by Gasteiger charge is 2.45. The van der Waals surface area contributed by atoms with Crippen LogP contribution in [-0.4, -0.2) is 72.3 Å². The molecule has 2 atom stereocenters. The van der Waals surface area contributed by atoms with E-state index in [4.69, 9.17) is 0 Å². The number of carbonyl (C=O) groups excluding carboxylic acids is 2. The lowest BCUT2D eigenvalue weighted by molar-refractivity contribution is -0.384. The van der Waals surface area contributed by atoms with Crippen LogP contribution in [0.2, 0.25) is 0 Å². The first kappa shape index (κ1) is 22.7. The molecule has 0 spiro atoms. The minimum Gasteiger partial charge on any atom is -0.494 e. The Morgan fingerprint density at radius 2 is 1.38 bits per heavy atom. The van der Waals surface area contributed by atoms with Gasteiger partial charge in [0, 0.05) is 25.2 Å². The molecule has 13 heteroatoms. The highest BCUT2D eigenvalue weighted by Crippen LogP contribution is 2.42. The van der Waals surface area contributed by atoms with Crippen LogP contribution in [0.25, 0.3) is 0 Å². The molecule has 1 aromatic rings. The molecule has 0 aromatic heterocycles. The SMILES string of the molecule is O=C1N[C@@H]2SCCCN2C(O)=C1C(C1=C(O)N2CCCS[C@H]2NC1=O)c1ccc([N+](=O)[O-])cc1. The summed E-state index contributed by atoms with van der Waals surface area (Å²) in [5.74, 6) is -1.10. The standard InChI is InChI=1S/C21H23N5O6S2/c27-16-14(18(29)24-7-1-9-33-20(24)22-16)13(11-3-5-12(6-4-11)26(31)32)15-17(28)23-21-25(19(15)30)8-2-10-34-21/h3-6,13,20-21,29-30H,1-2,7-10H2,(H,22,27)(H,23,28)/t20-,21-/m0/s1. The van der Waals surface area contributed by atoms with Crippen molar-refractivity contribution in [3.63, 3.8) is 0 Å². The molecule has 34 heavy (non-hydrogen) atoms. The molecule has 0 saturated carbocycles. The lowest BCUT2D eigenvalue weighted by Gasteiger charge is -2.44. The maximum absolute atomic E-state index is 13.3. The van der Waals surface area contributed by atoms with E-state index in [-0.39, 0.29) is 28.6 Å². The monoisotopic (exact) mass is 505 g/mol. The highest BCUT2D eigenvalue weighted by molar-refractivity contribution is 8.00. The number of hydrogen-bond donors (Lipinski definition) is 4. The van der Waals surface area contributed by atoms with Gasteiger partial charge in [0.2, 0.25) is 0 Å². The molecule has 4 aliphatic heterocycles. The van der Waals surface area contributed by atoms with Crippen molar-refractivity contribution in [2.24, 2.45) is 0 Å². The van der Waals surface area contributed by atoms with Gasteiger partial charge in [-0.3, -0.25) is 19.7 Å². The van der Waals surface area contributed by atoms with Gasteiger partial charge in [0.25, 0.3) is 17.5 Å². The molecular formula is C21H23N5O6S2. The van der Waals surface area contributed by atoms with E-state index in [9.17, 15) is 29.9 Å². The van der Waals surface area contributed by atoms with Gasteiger partial charge in [-0.25, -0.2) is 0 Å². The molecular weight excluding hydrogens is 482 g/mol. The number of fused-ring (bicyclic) bond motifs is 2. The van der Waals surface area contributed by atoms with Crippen molar-refractivity contribution in [2.45, 2.75) is 29.8 Å². The molecule has 1 aromatic carbocycles. The van der Waals surface area contributed by atoms with Crippen molar-refractivity contribution < 1.29 is 24.7 Å². The molecule has 0 aliphatic carbocycles. The lowest BCUT2D eigenvalue weighted by atomic mass is 9.82. The van der Waals surface area contributed by atoms with Crippen LogP contribution in [0, 0.1) is 10.1 Å². The Kier molecular flexibility index (Phi) is 5.98. The minimum atomic E-state index is -1.14. The maximum Gasteiger partial charge on any atom is 0.269 e. The number of nitrogens with zero attached hydrogens (tertiary/aromatic N) is 3. The van der Waals surface area contributed by atoms with Crippen LogP contribution in [0.5, 0.6) is 0 Å². The summed E-state index contributed by atoms with van der Waals surface area (Å²) in [6, 6.07) is 5.44. The fourth-order valence-electron chi connectivity index (χ4n) is 4.63. The normalized spacial score (nSPS) is 25.1. The van der Waals surface area contributed by atoms with Crippen LogP contribution in [-0.2, 0) is 9.59 Å². The fourth-order valence-corrected chi connectivity index (χ4v) is 6.82. The third-order valence-electron chi connectivity index (χ3n) is 6.24. The Morgan fingerprint density at radius 1 is 0.912 bits per heavy atom. The van der Waals surface area contributed by atoms with E-state index in [2.05, 4.69) is 10.6 Å². The molecule has 0 unspecified atom stereocenters. The maximum atomic E-state index is 13.3. The number of amides is 2. The van der Waals surface area contributed by atoms with Crippen LogP contribution < -0.4 is 10.6 Å². The van der Waals surface area contributed by atoms with E-state index >= 15 is 0 Å². The quantitative estimate of drug-likeness (QED) is 0.353. The number of nitrogens with one attached hydrogen (secondary N) is 2. The topological polar surface area (TPSA) is 148 Å². The Hall–Kier alpha value is -3.06. The van der Waals surface area contributed by atoms with Crippen LogP contribution in [0.1, 0.15) is 24.3 Å². The summed E-state index contributed by atoms with van der Waals surface area (Å²) in [7, 11) is 0. The van der Waals surface area contributed by atoms with Gasteiger partial charge in [-0.15, -0.1) is 23.5 Å². The zero-order chi connectivity index (χ0) is 24.0. The Labute approximate surface area is 203 Å². The first-order chi connectivity index (χ1) is 16.4. The van der Waals surface area contributed by atoms with Crippen molar-refractivity contribution in [1.29, 1.82) is 0 Å². The predicted octanol–water partition coefficient (Wildman–Crippen LogP) is 1.92. The average molecular weight is 506 g/mol. The first-order valence-corrected chi connectivity index (χ1v) is 13.0. The lowest BCUT2D eigenvalue weighted by Crippen LogP contribution is -2.56. The number of aliphatic hydroxyl groups is 2. The first-order valence-electron chi connectivity index (χ1n) is 10.9. The molecule has 5 rings (SSSR count). The van der Waals surface area contributed by atoms with Gasteiger partial charge in [-0.05, 0) is 29.9 Å².